The smallest absolute Gasteiger partial charge is 0.129 e. The molecule has 0 aliphatic rings. The van der Waals surface area contributed by atoms with Gasteiger partial charge < -0.3 is 0 Å². The van der Waals surface area contributed by atoms with Crippen LogP contribution in [0.2, 0.25) is 5.15 Å². The molecular formula is C17H17ClN4. The molecule has 2 heterocycles. The molecule has 22 heavy (non-hydrogen) atoms. The molecule has 0 unspecified atom stereocenters. The van der Waals surface area contributed by atoms with Crippen LogP contribution in [-0.4, -0.2) is 26.7 Å². The van der Waals surface area contributed by atoms with E-state index in [1.54, 1.807) is 6.20 Å². The van der Waals surface area contributed by atoms with Gasteiger partial charge in [0.2, 0.25) is 0 Å². The zero-order valence-electron chi connectivity index (χ0n) is 12.4. The first-order chi connectivity index (χ1) is 10.7. The summed E-state index contributed by atoms with van der Waals surface area (Å²) in [7, 11) is 2.07. The zero-order chi connectivity index (χ0) is 15.4. The third-order valence-electron chi connectivity index (χ3n) is 3.34. The third kappa shape index (κ3) is 3.72. The Bertz CT molecular complexity index is 722. The van der Waals surface area contributed by atoms with Crippen LogP contribution < -0.4 is 0 Å². The Hall–Kier alpha value is -2.17. The lowest BCUT2D eigenvalue weighted by Crippen LogP contribution is -2.17. The molecule has 1 aromatic carbocycles. The summed E-state index contributed by atoms with van der Waals surface area (Å²) >= 11 is 5.80. The molecule has 0 aliphatic heterocycles. The summed E-state index contributed by atoms with van der Waals surface area (Å²) in [4.78, 5) is 6.30. The van der Waals surface area contributed by atoms with E-state index in [-0.39, 0.29) is 0 Å². The summed E-state index contributed by atoms with van der Waals surface area (Å²) in [5.41, 5.74) is 3.24. The van der Waals surface area contributed by atoms with Crippen LogP contribution in [0.15, 0.2) is 60.9 Å². The van der Waals surface area contributed by atoms with Gasteiger partial charge in [-0.25, -0.2) is 9.67 Å². The van der Waals surface area contributed by atoms with Crippen molar-refractivity contribution in [2.75, 3.05) is 7.05 Å². The van der Waals surface area contributed by atoms with E-state index in [4.69, 9.17) is 11.6 Å². The molecule has 0 saturated heterocycles. The highest BCUT2D eigenvalue weighted by atomic mass is 35.5. The highest BCUT2D eigenvalue weighted by molar-refractivity contribution is 6.29. The molecule has 5 heteroatoms. The van der Waals surface area contributed by atoms with Crippen LogP contribution in [0.25, 0.3) is 5.69 Å². The summed E-state index contributed by atoms with van der Waals surface area (Å²) in [6, 6.07) is 16.0. The molecule has 0 radical (unpaired) electrons. The van der Waals surface area contributed by atoms with Gasteiger partial charge in [0.25, 0.3) is 0 Å². The molecular weight excluding hydrogens is 296 g/mol. The molecule has 0 amide bonds. The van der Waals surface area contributed by atoms with Gasteiger partial charge in [-0.1, -0.05) is 35.9 Å². The summed E-state index contributed by atoms with van der Waals surface area (Å²) in [5, 5.41) is 5.14. The molecule has 0 bridgehead atoms. The van der Waals surface area contributed by atoms with Gasteiger partial charge in [0, 0.05) is 25.5 Å². The first kappa shape index (κ1) is 14.8. The van der Waals surface area contributed by atoms with Gasteiger partial charge >= 0.3 is 0 Å². The van der Waals surface area contributed by atoms with E-state index in [0.29, 0.717) is 5.15 Å². The Morgan fingerprint density at radius 2 is 1.86 bits per heavy atom. The van der Waals surface area contributed by atoms with E-state index in [2.05, 4.69) is 22.0 Å². The second kappa shape index (κ2) is 6.73. The van der Waals surface area contributed by atoms with Crippen molar-refractivity contribution in [1.29, 1.82) is 0 Å². The number of halogens is 1. The maximum atomic E-state index is 5.80. The molecule has 3 rings (SSSR count). The van der Waals surface area contributed by atoms with Crippen molar-refractivity contribution >= 4 is 11.6 Å². The van der Waals surface area contributed by atoms with Crippen LogP contribution >= 0.6 is 11.6 Å². The van der Waals surface area contributed by atoms with E-state index in [1.165, 1.54) is 0 Å². The third-order valence-corrected chi connectivity index (χ3v) is 3.56. The molecule has 112 valence electrons. The minimum atomic E-state index is 0.521. The first-order valence-corrected chi connectivity index (χ1v) is 7.47. The van der Waals surface area contributed by atoms with Crippen LogP contribution in [0.4, 0.5) is 0 Å². The molecule has 4 nitrogen and oxygen atoms in total. The van der Waals surface area contributed by atoms with Gasteiger partial charge in [-0.3, -0.25) is 4.90 Å². The van der Waals surface area contributed by atoms with E-state index < -0.39 is 0 Å². The average molecular weight is 313 g/mol. The van der Waals surface area contributed by atoms with E-state index in [0.717, 1.165) is 30.0 Å². The van der Waals surface area contributed by atoms with E-state index in [1.807, 2.05) is 59.4 Å². The van der Waals surface area contributed by atoms with Crippen molar-refractivity contribution < 1.29 is 0 Å². The van der Waals surface area contributed by atoms with Crippen LogP contribution in [0.5, 0.6) is 0 Å². The molecule has 3 aromatic rings. The number of rotatable bonds is 5. The Labute approximate surface area is 135 Å². The van der Waals surface area contributed by atoms with Gasteiger partial charge in [-0.2, -0.15) is 5.10 Å². The summed E-state index contributed by atoms with van der Waals surface area (Å²) in [5.74, 6) is 0. The van der Waals surface area contributed by atoms with Crippen molar-refractivity contribution in [3.8, 4) is 5.69 Å². The maximum absolute atomic E-state index is 5.80. The topological polar surface area (TPSA) is 34.0 Å². The first-order valence-electron chi connectivity index (χ1n) is 7.10. The highest BCUT2D eigenvalue weighted by Gasteiger charge is 2.06. The number of nitrogens with zero attached hydrogens (tertiary/aromatic N) is 4. The van der Waals surface area contributed by atoms with Crippen molar-refractivity contribution in [3.63, 3.8) is 0 Å². The van der Waals surface area contributed by atoms with E-state index >= 15 is 0 Å². The molecule has 0 aliphatic carbocycles. The number of pyridine rings is 1. The lowest BCUT2D eigenvalue weighted by atomic mass is 10.2. The Balaban J connectivity index is 1.63. The summed E-state index contributed by atoms with van der Waals surface area (Å²) < 4.78 is 1.90. The van der Waals surface area contributed by atoms with Gasteiger partial charge in [0.15, 0.2) is 0 Å². The second-order valence-electron chi connectivity index (χ2n) is 5.25. The predicted molar refractivity (Wildman–Crippen MR) is 88.0 cm³/mol. The quantitative estimate of drug-likeness (QED) is 0.676. The highest BCUT2D eigenvalue weighted by Crippen LogP contribution is 2.11. The van der Waals surface area contributed by atoms with Gasteiger partial charge in [0.05, 0.1) is 11.4 Å². The lowest BCUT2D eigenvalue weighted by molar-refractivity contribution is 0.314. The SMILES string of the molecule is CN(Cc1ccc(Cl)nc1)Cc1ccn(-c2ccccc2)n1. The Morgan fingerprint density at radius 1 is 1.05 bits per heavy atom. The zero-order valence-corrected chi connectivity index (χ0v) is 13.1. The number of hydrogen-bond acceptors (Lipinski definition) is 3. The summed E-state index contributed by atoms with van der Waals surface area (Å²) in [6.45, 7) is 1.59. The molecule has 0 N–H and O–H groups in total. The Kier molecular flexibility index (Phi) is 4.51. The minimum Gasteiger partial charge on any atom is -0.296 e. The fraction of sp³-hybridized carbons (Fsp3) is 0.176. The van der Waals surface area contributed by atoms with Crippen molar-refractivity contribution in [2.24, 2.45) is 0 Å². The van der Waals surface area contributed by atoms with E-state index in [9.17, 15) is 0 Å². The lowest BCUT2D eigenvalue weighted by Gasteiger charge is -2.15. The van der Waals surface area contributed by atoms with Crippen LogP contribution in [0.1, 0.15) is 11.3 Å². The number of aromatic nitrogens is 3. The van der Waals surface area contributed by atoms with Crippen LogP contribution in [0, 0.1) is 0 Å². The normalized spacial score (nSPS) is 11.0. The molecule has 0 atom stereocenters. The molecule has 2 aromatic heterocycles. The molecule has 0 spiro atoms. The Morgan fingerprint density at radius 3 is 2.59 bits per heavy atom. The van der Waals surface area contributed by atoms with Crippen molar-refractivity contribution in [3.05, 3.63) is 77.3 Å². The second-order valence-corrected chi connectivity index (χ2v) is 5.64. The number of benzene rings is 1. The fourth-order valence-electron chi connectivity index (χ4n) is 2.31. The number of hydrogen-bond donors (Lipinski definition) is 0. The average Bonchev–Trinajstić information content (AvgIpc) is 2.99. The van der Waals surface area contributed by atoms with Gasteiger partial charge in [0.1, 0.15) is 5.15 Å². The predicted octanol–water partition coefficient (Wildman–Crippen LogP) is 3.55. The van der Waals surface area contributed by atoms with Crippen LogP contribution in [0.3, 0.4) is 0 Å². The molecule has 0 saturated carbocycles. The van der Waals surface area contributed by atoms with Gasteiger partial charge in [-0.15, -0.1) is 0 Å². The largest absolute Gasteiger partial charge is 0.296 e. The fourth-order valence-corrected chi connectivity index (χ4v) is 2.43. The monoisotopic (exact) mass is 312 g/mol. The number of para-hydroxylation sites is 1. The minimum absolute atomic E-state index is 0.521. The van der Waals surface area contributed by atoms with Crippen molar-refractivity contribution in [2.45, 2.75) is 13.1 Å². The van der Waals surface area contributed by atoms with Crippen LogP contribution in [-0.2, 0) is 13.1 Å². The summed E-state index contributed by atoms with van der Waals surface area (Å²) in [6.07, 6.45) is 3.80. The standard InChI is InChI=1S/C17H17ClN4/c1-21(12-14-7-8-17(18)19-11-14)13-15-9-10-22(20-15)16-5-3-2-4-6-16/h2-11H,12-13H2,1H3. The van der Waals surface area contributed by atoms with Crippen molar-refractivity contribution in [1.82, 2.24) is 19.7 Å². The van der Waals surface area contributed by atoms with Gasteiger partial charge in [-0.05, 0) is 36.9 Å². The molecule has 0 fully saturated rings. The maximum Gasteiger partial charge on any atom is 0.129 e.